The molecule has 1 saturated heterocycles. The van der Waals surface area contributed by atoms with Crippen LogP contribution in [0.4, 0.5) is 5.69 Å². The quantitative estimate of drug-likeness (QED) is 0.629. The largest absolute Gasteiger partial charge is 0.311 e. The first-order valence-corrected chi connectivity index (χ1v) is 8.17. The Morgan fingerprint density at radius 2 is 2.11 bits per heavy atom. The lowest BCUT2D eigenvalue weighted by atomic mass is 10.1. The minimum absolute atomic E-state index is 0.131. The molecule has 0 aliphatic carbocycles. The first-order valence-electron chi connectivity index (χ1n) is 5.69. The van der Waals surface area contributed by atoms with Crippen LogP contribution in [0.25, 0.3) is 0 Å². The molecule has 4 nitrogen and oxygen atoms in total. The minimum atomic E-state index is -3.60. The third-order valence-corrected chi connectivity index (χ3v) is 4.24. The van der Waals surface area contributed by atoms with Gasteiger partial charge in [-0.05, 0) is 12.1 Å². The van der Waals surface area contributed by atoms with Crippen molar-refractivity contribution in [3.8, 4) is 12.3 Å². The van der Waals surface area contributed by atoms with E-state index in [1.54, 1.807) is 24.3 Å². The van der Waals surface area contributed by atoms with Gasteiger partial charge in [-0.25, -0.2) is 8.42 Å². The molecule has 19 heavy (non-hydrogen) atoms. The van der Waals surface area contributed by atoms with E-state index in [-0.39, 0.29) is 24.0 Å². The molecular formula is C13H12ClNO3S. The molecule has 0 bridgehead atoms. The number of amides is 1. The van der Waals surface area contributed by atoms with E-state index < -0.39 is 9.05 Å². The lowest BCUT2D eigenvalue weighted by Crippen LogP contribution is -2.26. The second kappa shape index (κ2) is 5.24. The van der Waals surface area contributed by atoms with Crippen molar-refractivity contribution in [2.24, 2.45) is 5.92 Å². The van der Waals surface area contributed by atoms with E-state index >= 15 is 0 Å². The highest BCUT2D eigenvalue weighted by Crippen LogP contribution is 2.28. The van der Waals surface area contributed by atoms with Crippen LogP contribution in [-0.4, -0.2) is 26.6 Å². The van der Waals surface area contributed by atoms with Crippen molar-refractivity contribution in [2.45, 2.75) is 6.42 Å². The Bertz CT molecular complexity index is 648. The van der Waals surface area contributed by atoms with Crippen LogP contribution < -0.4 is 4.90 Å². The molecule has 0 radical (unpaired) electrons. The van der Waals surface area contributed by atoms with Gasteiger partial charge in [0.1, 0.15) is 0 Å². The molecule has 0 N–H and O–H groups in total. The highest BCUT2D eigenvalue weighted by Gasteiger charge is 2.33. The summed E-state index contributed by atoms with van der Waals surface area (Å²) < 4.78 is 22.1. The number of nitrogens with zero attached hydrogens (tertiary/aromatic N) is 1. The minimum Gasteiger partial charge on any atom is -0.311 e. The van der Waals surface area contributed by atoms with Gasteiger partial charge in [-0.3, -0.25) is 4.79 Å². The van der Waals surface area contributed by atoms with Crippen LogP contribution in [0.3, 0.4) is 0 Å². The number of para-hydroxylation sites is 1. The average molecular weight is 298 g/mol. The molecule has 1 aromatic rings. The predicted octanol–water partition coefficient (Wildman–Crippen LogP) is 1.59. The van der Waals surface area contributed by atoms with Crippen LogP contribution in [-0.2, 0) is 13.8 Å². The Morgan fingerprint density at radius 1 is 1.42 bits per heavy atom. The number of hydrogen-bond donors (Lipinski definition) is 0. The number of benzene rings is 1. The van der Waals surface area contributed by atoms with Gasteiger partial charge in [0, 0.05) is 35.1 Å². The standard InChI is InChI=1S/C13H12ClNO3S/c1-2-11-5-3-4-6-12(11)15-8-10(7-13(15)16)9-19(14,17)18/h1,3-6,10H,7-9H2. The van der Waals surface area contributed by atoms with E-state index in [9.17, 15) is 13.2 Å². The van der Waals surface area contributed by atoms with Crippen LogP contribution >= 0.6 is 10.7 Å². The SMILES string of the molecule is C#Cc1ccccc1N1CC(CS(=O)(=O)Cl)CC1=O. The van der Waals surface area contributed by atoms with Crippen molar-refractivity contribution in [3.05, 3.63) is 29.8 Å². The normalized spacial score (nSPS) is 19.5. The van der Waals surface area contributed by atoms with Gasteiger partial charge in [0.05, 0.1) is 11.4 Å². The molecular weight excluding hydrogens is 286 g/mol. The predicted molar refractivity (Wildman–Crippen MR) is 74.5 cm³/mol. The number of rotatable bonds is 3. The van der Waals surface area contributed by atoms with Crippen molar-refractivity contribution >= 4 is 31.3 Å². The molecule has 1 fully saturated rings. The molecule has 1 atom stereocenters. The monoisotopic (exact) mass is 297 g/mol. The van der Waals surface area contributed by atoms with Crippen molar-refractivity contribution in [2.75, 3.05) is 17.2 Å². The molecule has 0 spiro atoms. The van der Waals surface area contributed by atoms with Crippen LogP contribution in [0.2, 0.25) is 0 Å². The zero-order valence-electron chi connectivity index (χ0n) is 10.0. The van der Waals surface area contributed by atoms with Crippen LogP contribution in [0.1, 0.15) is 12.0 Å². The Labute approximate surface area is 116 Å². The number of carbonyl (C=O) groups is 1. The maximum Gasteiger partial charge on any atom is 0.232 e. The number of carbonyl (C=O) groups excluding carboxylic acids is 1. The molecule has 1 aromatic carbocycles. The lowest BCUT2D eigenvalue weighted by molar-refractivity contribution is -0.117. The summed E-state index contributed by atoms with van der Waals surface area (Å²) in [5, 5.41) is 0. The van der Waals surface area contributed by atoms with Gasteiger partial charge in [-0.2, -0.15) is 0 Å². The zero-order valence-corrected chi connectivity index (χ0v) is 11.6. The summed E-state index contributed by atoms with van der Waals surface area (Å²) in [5.41, 5.74) is 1.26. The van der Waals surface area contributed by atoms with Gasteiger partial charge in [0.2, 0.25) is 15.0 Å². The molecule has 0 aromatic heterocycles. The van der Waals surface area contributed by atoms with Crippen LogP contribution in [0.5, 0.6) is 0 Å². The Balaban J connectivity index is 2.24. The zero-order chi connectivity index (χ0) is 14.0. The van der Waals surface area contributed by atoms with Gasteiger partial charge in [0.25, 0.3) is 0 Å². The average Bonchev–Trinajstić information content (AvgIpc) is 2.67. The molecule has 0 saturated carbocycles. The van der Waals surface area contributed by atoms with Crippen molar-refractivity contribution in [1.82, 2.24) is 0 Å². The lowest BCUT2D eigenvalue weighted by Gasteiger charge is -2.18. The van der Waals surface area contributed by atoms with E-state index in [0.29, 0.717) is 17.8 Å². The summed E-state index contributed by atoms with van der Waals surface area (Å²) >= 11 is 0. The Kier molecular flexibility index (Phi) is 3.83. The second-order valence-corrected chi connectivity index (χ2v) is 7.26. The topological polar surface area (TPSA) is 54.5 Å². The van der Waals surface area contributed by atoms with Crippen molar-refractivity contribution in [1.29, 1.82) is 0 Å². The first kappa shape index (κ1) is 13.9. The third-order valence-electron chi connectivity index (χ3n) is 2.99. The van der Waals surface area contributed by atoms with Crippen molar-refractivity contribution < 1.29 is 13.2 Å². The summed E-state index contributed by atoms with van der Waals surface area (Å²) in [6, 6.07) is 7.08. The van der Waals surface area contributed by atoms with E-state index in [1.807, 2.05) is 0 Å². The van der Waals surface area contributed by atoms with Gasteiger partial charge in [0.15, 0.2) is 0 Å². The molecule has 100 valence electrons. The maximum absolute atomic E-state index is 12.0. The number of anilines is 1. The fraction of sp³-hybridized carbons (Fsp3) is 0.308. The summed E-state index contributed by atoms with van der Waals surface area (Å²) in [6.07, 6.45) is 5.57. The first-order chi connectivity index (χ1) is 8.90. The summed E-state index contributed by atoms with van der Waals surface area (Å²) in [4.78, 5) is 13.5. The van der Waals surface area contributed by atoms with E-state index in [1.165, 1.54) is 4.90 Å². The molecule has 6 heteroatoms. The molecule has 1 aliphatic rings. The fourth-order valence-corrected chi connectivity index (χ4v) is 3.56. The van der Waals surface area contributed by atoms with E-state index in [0.717, 1.165) is 0 Å². The fourth-order valence-electron chi connectivity index (χ4n) is 2.24. The second-order valence-electron chi connectivity index (χ2n) is 4.44. The summed E-state index contributed by atoms with van der Waals surface area (Å²) in [7, 11) is 1.62. The van der Waals surface area contributed by atoms with Crippen molar-refractivity contribution in [3.63, 3.8) is 0 Å². The number of halogens is 1. The Morgan fingerprint density at radius 3 is 2.74 bits per heavy atom. The molecule has 2 rings (SSSR count). The van der Waals surface area contributed by atoms with Gasteiger partial charge >= 0.3 is 0 Å². The van der Waals surface area contributed by atoms with Crippen LogP contribution in [0.15, 0.2) is 24.3 Å². The number of hydrogen-bond acceptors (Lipinski definition) is 3. The Hall–Kier alpha value is -1.51. The van der Waals surface area contributed by atoms with E-state index in [4.69, 9.17) is 17.1 Å². The molecule has 1 unspecified atom stereocenters. The molecule has 1 heterocycles. The smallest absolute Gasteiger partial charge is 0.232 e. The third kappa shape index (κ3) is 3.28. The van der Waals surface area contributed by atoms with Gasteiger partial charge in [-0.15, -0.1) is 6.42 Å². The highest BCUT2D eigenvalue weighted by molar-refractivity contribution is 8.13. The molecule has 1 aliphatic heterocycles. The van der Waals surface area contributed by atoms with E-state index in [2.05, 4.69) is 5.92 Å². The van der Waals surface area contributed by atoms with Gasteiger partial charge < -0.3 is 4.90 Å². The van der Waals surface area contributed by atoms with Gasteiger partial charge in [-0.1, -0.05) is 18.1 Å². The van der Waals surface area contributed by atoms with Crippen LogP contribution in [0, 0.1) is 18.3 Å². The summed E-state index contributed by atoms with van der Waals surface area (Å²) in [6.45, 7) is 0.323. The summed E-state index contributed by atoms with van der Waals surface area (Å²) in [5.74, 6) is 1.90. The molecule has 1 amide bonds. The highest BCUT2D eigenvalue weighted by atomic mass is 35.7. The number of terminal acetylenes is 1. The maximum atomic E-state index is 12.0.